The minimum Gasteiger partial charge on any atom is -0.493 e. The lowest BCUT2D eigenvalue weighted by atomic mass is 9.87. The van der Waals surface area contributed by atoms with E-state index in [1.165, 1.54) is 29.3 Å². The van der Waals surface area contributed by atoms with Crippen LogP contribution in [0.3, 0.4) is 0 Å². The van der Waals surface area contributed by atoms with Gasteiger partial charge in [-0.25, -0.2) is 9.18 Å². The maximum absolute atomic E-state index is 14.0. The number of hydrogen-bond acceptors (Lipinski definition) is 9. The van der Waals surface area contributed by atoms with Gasteiger partial charge in [-0.2, -0.15) is 0 Å². The predicted molar refractivity (Wildman–Crippen MR) is 202 cm³/mol. The number of carbonyl (C=O) groups excluding carboxylic acids is 1. The molecule has 0 unspecified atom stereocenters. The summed E-state index contributed by atoms with van der Waals surface area (Å²) in [6.45, 7) is 1.71. The molecule has 0 saturated carbocycles. The van der Waals surface area contributed by atoms with Crippen molar-refractivity contribution in [3.05, 3.63) is 130 Å². The minimum absolute atomic E-state index is 0.0816. The Balaban J connectivity index is 1.30. The third-order valence-electron chi connectivity index (χ3n) is 10.9. The summed E-state index contributed by atoms with van der Waals surface area (Å²) in [5.74, 6) is 2.91. The maximum Gasteiger partial charge on any atom is 0.343 e. The summed E-state index contributed by atoms with van der Waals surface area (Å²) < 4.78 is 51.3. The molecule has 4 aliphatic heterocycles. The summed E-state index contributed by atoms with van der Waals surface area (Å²) in [6.07, 6.45) is 3.00. The van der Waals surface area contributed by atoms with Crippen molar-refractivity contribution < 1.29 is 37.6 Å². The van der Waals surface area contributed by atoms with Crippen molar-refractivity contribution in [1.29, 1.82) is 0 Å². The van der Waals surface area contributed by atoms with E-state index in [0.717, 1.165) is 60.7 Å². The number of benzene rings is 5. The Hall–Kier alpha value is -5.58. The Bertz CT molecular complexity index is 2220. The molecular weight excluding hydrogens is 687 g/mol. The highest BCUT2D eigenvalue weighted by molar-refractivity contribution is 5.91. The van der Waals surface area contributed by atoms with E-state index < -0.39 is 11.8 Å². The molecule has 278 valence electrons. The molecule has 0 saturated heterocycles. The van der Waals surface area contributed by atoms with E-state index in [0.29, 0.717) is 46.7 Å². The van der Waals surface area contributed by atoms with Crippen LogP contribution in [0, 0.1) is 5.82 Å². The normalized spacial score (nSPS) is 18.0. The summed E-state index contributed by atoms with van der Waals surface area (Å²) in [5, 5.41) is 0. The van der Waals surface area contributed by atoms with Crippen molar-refractivity contribution in [2.75, 3.05) is 48.5 Å². The smallest absolute Gasteiger partial charge is 0.343 e. The first kappa shape index (κ1) is 35.4. The lowest BCUT2D eigenvalue weighted by Crippen LogP contribution is -2.34. The molecule has 5 aromatic carbocycles. The molecule has 54 heavy (non-hydrogen) atoms. The average Bonchev–Trinajstić information content (AvgIpc) is 3.18. The van der Waals surface area contributed by atoms with Crippen LogP contribution in [-0.4, -0.2) is 64.3 Å². The Morgan fingerprint density at radius 2 is 1.39 bits per heavy atom. The molecule has 0 fully saturated rings. The van der Waals surface area contributed by atoms with E-state index in [9.17, 15) is 9.18 Å². The first-order valence-electron chi connectivity index (χ1n) is 18.2. The van der Waals surface area contributed by atoms with Crippen molar-refractivity contribution in [3.63, 3.8) is 0 Å². The first-order chi connectivity index (χ1) is 26.2. The molecule has 5 aromatic rings. The fraction of sp³-hybridized carbons (Fsp3) is 0.295. The molecule has 9 rings (SSSR count). The Labute approximate surface area is 314 Å². The Kier molecular flexibility index (Phi) is 9.64. The van der Waals surface area contributed by atoms with Gasteiger partial charge in [-0.3, -0.25) is 9.80 Å². The monoisotopic (exact) mass is 730 g/mol. The van der Waals surface area contributed by atoms with E-state index in [1.807, 2.05) is 24.3 Å². The molecule has 0 aliphatic carbocycles. The summed E-state index contributed by atoms with van der Waals surface area (Å²) in [7, 11) is 9.21. The van der Waals surface area contributed by atoms with Crippen molar-refractivity contribution >= 4 is 5.97 Å². The highest BCUT2D eigenvalue weighted by atomic mass is 19.1. The van der Waals surface area contributed by atoms with Crippen molar-refractivity contribution in [3.8, 4) is 46.0 Å². The molecule has 4 heterocycles. The number of nitrogens with zero attached hydrogens (tertiary/aromatic N) is 2. The highest BCUT2D eigenvalue weighted by Crippen LogP contribution is 2.52. The highest BCUT2D eigenvalue weighted by Gasteiger charge is 2.35. The number of carbonyl (C=O) groups is 1. The van der Waals surface area contributed by atoms with E-state index >= 15 is 0 Å². The van der Waals surface area contributed by atoms with Gasteiger partial charge in [0.25, 0.3) is 0 Å². The van der Waals surface area contributed by atoms with Gasteiger partial charge in [0.05, 0.1) is 26.9 Å². The van der Waals surface area contributed by atoms with Crippen LogP contribution in [0.25, 0.3) is 0 Å². The molecular formula is C44H43FN2O7. The van der Waals surface area contributed by atoms with Gasteiger partial charge < -0.3 is 28.4 Å². The van der Waals surface area contributed by atoms with Gasteiger partial charge in [0.1, 0.15) is 11.6 Å². The largest absolute Gasteiger partial charge is 0.493 e. The quantitative estimate of drug-likeness (QED) is 0.131. The van der Waals surface area contributed by atoms with E-state index in [2.05, 4.69) is 54.2 Å². The topological polar surface area (TPSA) is 78.9 Å². The van der Waals surface area contributed by atoms with E-state index in [4.69, 9.17) is 28.4 Å². The third kappa shape index (κ3) is 6.71. The lowest BCUT2D eigenvalue weighted by molar-refractivity contribution is 0.0730. The summed E-state index contributed by atoms with van der Waals surface area (Å²) >= 11 is 0. The first-order valence-corrected chi connectivity index (χ1v) is 18.2. The zero-order valence-electron chi connectivity index (χ0n) is 31.1. The van der Waals surface area contributed by atoms with Gasteiger partial charge in [0.15, 0.2) is 34.5 Å². The minimum atomic E-state index is -0.685. The fourth-order valence-corrected chi connectivity index (χ4v) is 7.97. The van der Waals surface area contributed by atoms with Crippen molar-refractivity contribution in [2.45, 2.75) is 37.8 Å². The second kappa shape index (κ2) is 14.7. The lowest BCUT2D eigenvalue weighted by Gasteiger charge is -2.37. The zero-order valence-corrected chi connectivity index (χ0v) is 31.1. The van der Waals surface area contributed by atoms with Gasteiger partial charge in [-0.15, -0.1) is 0 Å². The van der Waals surface area contributed by atoms with Gasteiger partial charge in [0, 0.05) is 30.7 Å². The molecule has 0 radical (unpaired) electrons. The summed E-state index contributed by atoms with van der Waals surface area (Å²) in [6, 6.07) is 25.3. The molecule has 0 spiro atoms. The van der Waals surface area contributed by atoms with Crippen LogP contribution in [-0.2, 0) is 25.7 Å². The van der Waals surface area contributed by atoms with Gasteiger partial charge >= 0.3 is 5.97 Å². The van der Waals surface area contributed by atoms with Crippen LogP contribution < -0.4 is 28.4 Å². The molecule has 2 atom stereocenters. The van der Waals surface area contributed by atoms with Crippen LogP contribution >= 0.6 is 0 Å². The van der Waals surface area contributed by atoms with Crippen LogP contribution in [0.15, 0.2) is 84.9 Å². The second-order valence-electron chi connectivity index (χ2n) is 14.1. The number of likely N-dealkylation sites (N-methyl/N-ethyl adjacent to an activating group) is 2. The third-order valence-corrected chi connectivity index (χ3v) is 10.9. The molecule has 0 amide bonds. The number of fused-ring (bicyclic) bond motifs is 2. The van der Waals surface area contributed by atoms with Gasteiger partial charge in [-0.05, 0) is 128 Å². The van der Waals surface area contributed by atoms with Crippen molar-refractivity contribution in [2.24, 2.45) is 0 Å². The Morgan fingerprint density at radius 1 is 0.704 bits per heavy atom. The van der Waals surface area contributed by atoms with Crippen LogP contribution in [0.4, 0.5) is 4.39 Å². The SMILES string of the molecule is COc1cc2c3cc1Oc1c(OC)c(OC)cc4c1[C@@H](Cc1ccc(OC(=O)c5cccc(F)c5)c(c1)Oc1ccc(cc1)C[C@@H]3N(C)CC2)N(C)CC4. The van der Waals surface area contributed by atoms with Crippen molar-refractivity contribution in [1.82, 2.24) is 9.80 Å². The number of esters is 1. The van der Waals surface area contributed by atoms with Gasteiger partial charge in [-0.1, -0.05) is 24.3 Å². The number of methoxy groups -OCH3 is 3. The van der Waals surface area contributed by atoms with Gasteiger partial charge in [0.2, 0.25) is 5.75 Å². The van der Waals surface area contributed by atoms with Crippen LogP contribution in [0.5, 0.6) is 46.0 Å². The predicted octanol–water partition coefficient (Wildman–Crippen LogP) is 8.51. The maximum atomic E-state index is 14.0. The molecule has 0 aromatic heterocycles. The summed E-state index contributed by atoms with van der Waals surface area (Å²) in [5.41, 5.74) is 6.69. The molecule has 10 heteroatoms. The summed E-state index contributed by atoms with van der Waals surface area (Å²) in [4.78, 5) is 17.9. The Morgan fingerprint density at radius 3 is 2.13 bits per heavy atom. The van der Waals surface area contributed by atoms with Crippen LogP contribution in [0.2, 0.25) is 0 Å². The molecule has 9 nitrogen and oxygen atoms in total. The zero-order chi connectivity index (χ0) is 37.5. The number of rotatable bonds is 5. The standard InChI is InChI=1S/C44H43FN2O7/c1-46-17-15-28-23-37(49-3)39-25-33(28)34(46)19-26-9-12-32(13-10-26)52-38-21-27(11-14-36(38)54-44(48)30-7-6-8-31(45)22-30)20-35-41-29(16-18-47(35)2)24-40(50-4)42(51-5)43(41)53-39/h6-14,21-25,34-35H,15-20H2,1-5H3/t34-,35+/m0/s1. The molecule has 6 bridgehead atoms. The number of ether oxygens (including phenoxy) is 6. The van der Waals surface area contributed by atoms with E-state index in [1.54, 1.807) is 27.4 Å². The molecule has 0 N–H and O–H groups in total. The molecule has 4 aliphatic rings. The fourth-order valence-electron chi connectivity index (χ4n) is 7.97. The van der Waals surface area contributed by atoms with E-state index in [-0.39, 0.29) is 23.4 Å². The van der Waals surface area contributed by atoms with Crippen LogP contribution in [0.1, 0.15) is 55.8 Å². The number of hydrogen-bond donors (Lipinski definition) is 0. The average molecular weight is 731 g/mol. The number of halogens is 1. The second-order valence-corrected chi connectivity index (χ2v) is 14.1.